The zero-order chi connectivity index (χ0) is 22.2. The molecule has 0 radical (unpaired) electrons. The topological polar surface area (TPSA) is 76.4 Å². The molecule has 0 spiro atoms. The van der Waals surface area contributed by atoms with Crippen LogP contribution in [0.15, 0.2) is 78.3 Å². The average Bonchev–Trinajstić information content (AvgIpc) is 2.77. The molecular weight excluding hydrogens is 387 g/mol. The first-order chi connectivity index (χ1) is 15.0. The van der Waals surface area contributed by atoms with E-state index in [1.165, 1.54) is 12.1 Å². The average molecular weight is 417 g/mol. The van der Waals surface area contributed by atoms with Gasteiger partial charge in [0.2, 0.25) is 0 Å². The summed E-state index contributed by atoms with van der Waals surface area (Å²) in [5.41, 5.74) is 17.6. The van der Waals surface area contributed by atoms with Gasteiger partial charge in [0.1, 0.15) is 11.7 Å². The lowest BCUT2D eigenvalue weighted by molar-refractivity contribution is 0.625. The predicted molar refractivity (Wildman–Crippen MR) is 129 cm³/mol. The Labute approximate surface area is 183 Å². The third-order valence-electron chi connectivity index (χ3n) is 5.14. The molecule has 0 saturated heterocycles. The van der Waals surface area contributed by atoms with Crippen LogP contribution in [0.3, 0.4) is 0 Å². The van der Waals surface area contributed by atoms with Crippen LogP contribution >= 0.6 is 0 Å². The Morgan fingerprint density at radius 1 is 0.935 bits per heavy atom. The van der Waals surface area contributed by atoms with Crippen molar-refractivity contribution < 1.29 is 4.39 Å². The van der Waals surface area contributed by atoms with E-state index in [0.717, 1.165) is 41.5 Å². The number of nitrogens with two attached hydrogens (primary N) is 2. The normalized spacial score (nSPS) is 11.4. The van der Waals surface area contributed by atoms with Gasteiger partial charge in [0.05, 0.1) is 6.54 Å². The van der Waals surface area contributed by atoms with E-state index in [1.807, 2.05) is 54.6 Å². The minimum atomic E-state index is -0.298. The number of nitrogen functional groups attached to an aromatic ring is 2. The van der Waals surface area contributed by atoms with Gasteiger partial charge in [-0.05, 0) is 54.3 Å². The number of hydrogen-bond acceptors (Lipinski definition) is 3. The summed E-state index contributed by atoms with van der Waals surface area (Å²) in [5.74, 6) is 0.269. The molecule has 0 amide bonds. The number of nitrogens with zero attached hydrogens (tertiary/aromatic N) is 1. The highest BCUT2D eigenvalue weighted by Gasteiger charge is 2.13. The van der Waals surface area contributed by atoms with Gasteiger partial charge in [-0.15, -0.1) is 0 Å². The van der Waals surface area contributed by atoms with Crippen molar-refractivity contribution in [2.45, 2.75) is 32.7 Å². The number of anilines is 2. The molecule has 3 rings (SSSR count). The molecule has 0 aromatic heterocycles. The maximum atomic E-state index is 14.0. The van der Waals surface area contributed by atoms with Crippen molar-refractivity contribution in [3.05, 3.63) is 101 Å². The van der Waals surface area contributed by atoms with Gasteiger partial charge in [-0.2, -0.15) is 0 Å². The van der Waals surface area contributed by atoms with Crippen molar-refractivity contribution in [1.82, 2.24) is 5.32 Å². The van der Waals surface area contributed by atoms with Crippen molar-refractivity contribution in [1.29, 1.82) is 0 Å². The van der Waals surface area contributed by atoms with Crippen molar-refractivity contribution in [3.63, 3.8) is 0 Å². The zero-order valence-corrected chi connectivity index (χ0v) is 17.9. The Bertz CT molecular complexity index is 1090. The van der Waals surface area contributed by atoms with Crippen LogP contribution < -0.4 is 16.8 Å². The second kappa shape index (κ2) is 10.4. The number of aliphatic imine (C=N–C) groups is 1. The fraction of sp³-hybridized carbons (Fsp3) is 0.192. The number of rotatable bonds is 8. The largest absolute Gasteiger partial charge is 0.398 e. The molecular formula is C26H29FN4. The van der Waals surface area contributed by atoms with E-state index in [0.29, 0.717) is 29.5 Å². The lowest BCUT2D eigenvalue weighted by atomic mass is 9.99. The number of nitrogens with one attached hydrogen (secondary N) is 1. The minimum absolute atomic E-state index is 0.298. The summed E-state index contributed by atoms with van der Waals surface area (Å²) in [7, 11) is 0. The molecule has 0 aliphatic carbocycles. The zero-order valence-electron chi connectivity index (χ0n) is 17.9. The number of amidine groups is 1. The number of benzene rings is 3. The maximum Gasteiger partial charge on any atom is 0.135 e. The summed E-state index contributed by atoms with van der Waals surface area (Å²) in [6.07, 6.45) is 2.93. The van der Waals surface area contributed by atoms with Gasteiger partial charge < -0.3 is 16.8 Å². The van der Waals surface area contributed by atoms with Crippen LogP contribution in [0.1, 0.15) is 42.0 Å². The van der Waals surface area contributed by atoms with E-state index < -0.39 is 0 Å². The van der Waals surface area contributed by atoms with Crippen molar-refractivity contribution in [2.75, 3.05) is 11.5 Å². The van der Waals surface area contributed by atoms with Crippen LogP contribution in [0.5, 0.6) is 0 Å². The standard InChI is InChI=1S/C26H29FN4/c1-3-4-9-19-14-15-21(27)16-23(19)18(2)31-26(22-11-6-8-13-25(22)29)30-17-20-10-5-7-12-24(20)28/h5-8,10-16H,2-4,9,17,28-29H2,1H3,(H,30,31). The quantitative estimate of drug-likeness (QED) is 0.256. The van der Waals surface area contributed by atoms with Crippen LogP contribution in [0.25, 0.3) is 5.70 Å². The van der Waals surface area contributed by atoms with Gasteiger partial charge >= 0.3 is 0 Å². The van der Waals surface area contributed by atoms with E-state index in [2.05, 4.69) is 18.8 Å². The Kier molecular flexibility index (Phi) is 7.44. The Morgan fingerprint density at radius 2 is 1.65 bits per heavy atom. The van der Waals surface area contributed by atoms with E-state index in [-0.39, 0.29) is 5.82 Å². The lowest BCUT2D eigenvalue weighted by Gasteiger charge is -2.17. The van der Waals surface area contributed by atoms with E-state index in [4.69, 9.17) is 16.5 Å². The SMILES string of the molecule is C=C(NC(=NCc1ccccc1N)c1ccccc1N)c1cc(F)ccc1CCCC. The van der Waals surface area contributed by atoms with Crippen molar-refractivity contribution in [2.24, 2.45) is 4.99 Å². The monoisotopic (exact) mass is 416 g/mol. The molecule has 0 atom stereocenters. The molecule has 0 saturated carbocycles. The number of halogens is 1. The Hall–Kier alpha value is -3.60. The molecule has 0 fully saturated rings. The number of aryl methyl sites for hydroxylation is 1. The van der Waals surface area contributed by atoms with Crippen molar-refractivity contribution >= 4 is 22.9 Å². The first-order valence-corrected chi connectivity index (χ1v) is 10.5. The summed E-state index contributed by atoms with van der Waals surface area (Å²) >= 11 is 0. The predicted octanol–water partition coefficient (Wildman–Crippen LogP) is 5.54. The molecule has 5 heteroatoms. The fourth-order valence-electron chi connectivity index (χ4n) is 3.37. The van der Waals surface area contributed by atoms with Gasteiger partial charge in [-0.25, -0.2) is 4.39 Å². The minimum Gasteiger partial charge on any atom is -0.398 e. The highest BCUT2D eigenvalue weighted by atomic mass is 19.1. The third kappa shape index (κ3) is 5.72. The lowest BCUT2D eigenvalue weighted by Crippen LogP contribution is -2.24. The van der Waals surface area contributed by atoms with Crippen LogP contribution in [0, 0.1) is 5.82 Å². The molecule has 3 aromatic rings. The highest BCUT2D eigenvalue weighted by Crippen LogP contribution is 2.22. The molecule has 160 valence electrons. The van der Waals surface area contributed by atoms with E-state index in [9.17, 15) is 4.39 Å². The molecule has 0 aliphatic rings. The smallest absolute Gasteiger partial charge is 0.135 e. The van der Waals surface area contributed by atoms with E-state index in [1.54, 1.807) is 0 Å². The number of unbranched alkanes of at least 4 members (excludes halogenated alkanes) is 1. The van der Waals surface area contributed by atoms with Crippen LogP contribution in [-0.4, -0.2) is 5.84 Å². The molecule has 0 bridgehead atoms. The molecule has 0 unspecified atom stereocenters. The molecule has 3 aromatic carbocycles. The number of hydrogen-bond donors (Lipinski definition) is 3. The van der Waals surface area contributed by atoms with Gasteiger partial charge in [-0.3, -0.25) is 4.99 Å². The summed E-state index contributed by atoms with van der Waals surface area (Å²) in [4.78, 5) is 4.76. The first-order valence-electron chi connectivity index (χ1n) is 10.5. The molecule has 31 heavy (non-hydrogen) atoms. The highest BCUT2D eigenvalue weighted by molar-refractivity contribution is 6.06. The summed E-state index contributed by atoms with van der Waals surface area (Å²) in [5, 5.41) is 3.29. The second-order valence-corrected chi connectivity index (χ2v) is 7.46. The molecule has 4 nitrogen and oxygen atoms in total. The van der Waals surface area contributed by atoms with Gasteiger partial charge in [-0.1, -0.05) is 56.3 Å². The van der Waals surface area contributed by atoms with Crippen LogP contribution in [0.4, 0.5) is 15.8 Å². The van der Waals surface area contributed by atoms with Gasteiger partial charge in [0.15, 0.2) is 0 Å². The van der Waals surface area contributed by atoms with E-state index >= 15 is 0 Å². The van der Waals surface area contributed by atoms with Gasteiger partial charge in [0.25, 0.3) is 0 Å². The third-order valence-corrected chi connectivity index (χ3v) is 5.14. The summed E-state index contributed by atoms with van der Waals surface area (Å²) in [6, 6.07) is 19.9. The maximum absolute atomic E-state index is 14.0. The van der Waals surface area contributed by atoms with Crippen LogP contribution in [0.2, 0.25) is 0 Å². The summed E-state index contributed by atoms with van der Waals surface area (Å²) in [6.45, 7) is 6.69. The van der Waals surface area contributed by atoms with Gasteiger partial charge in [0, 0.05) is 28.2 Å². The van der Waals surface area contributed by atoms with Crippen LogP contribution in [-0.2, 0) is 13.0 Å². The Balaban J connectivity index is 1.95. The number of para-hydroxylation sites is 2. The second-order valence-electron chi connectivity index (χ2n) is 7.46. The fourth-order valence-corrected chi connectivity index (χ4v) is 3.37. The Morgan fingerprint density at radius 3 is 2.35 bits per heavy atom. The van der Waals surface area contributed by atoms with Crippen molar-refractivity contribution in [3.8, 4) is 0 Å². The molecule has 0 aliphatic heterocycles. The molecule has 5 N–H and O–H groups in total. The first kappa shape index (κ1) is 22.1. The summed E-state index contributed by atoms with van der Waals surface area (Å²) < 4.78 is 14.0. The molecule has 0 heterocycles.